The van der Waals surface area contributed by atoms with Crippen LogP contribution in [0.1, 0.15) is 34.6 Å². The maximum absolute atomic E-state index is 12.9. The Bertz CT molecular complexity index is 833. The van der Waals surface area contributed by atoms with Crippen molar-refractivity contribution < 1.29 is 4.79 Å². The topological polar surface area (TPSA) is 64.0 Å². The number of thioether (sulfide) groups is 1. The Morgan fingerprint density at radius 2 is 1.96 bits per heavy atom. The number of amides is 1. The quantitative estimate of drug-likeness (QED) is 0.612. The van der Waals surface area contributed by atoms with Crippen LogP contribution in [0.4, 0.5) is 0 Å². The summed E-state index contributed by atoms with van der Waals surface area (Å²) in [5.41, 5.74) is 0.466. The first-order valence-corrected chi connectivity index (χ1v) is 9.62. The summed E-state index contributed by atoms with van der Waals surface area (Å²) in [5.74, 6) is 0.205. The molecule has 1 heterocycles. The fourth-order valence-electron chi connectivity index (χ4n) is 2.40. The number of hydrogen-bond acceptors (Lipinski definition) is 4. The summed E-state index contributed by atoms with van der Waals surface area (Å²) in [6, 6.07) is 5.17. The number of carbonyl (C=O) groups is 1. The van der Waals surface area contributed by atoms with Gasteiger partial charge in [-0.25, -0.2) is 4.98 Å². The molecule has 0 aliphatic carbocycles. The highest BCUT2D eigenvalue weighted by molar-refractivity contribution is 8.00. The van der Waals surface area contributed by atoms with Crippen LogP contribution in [0.3, 0.4) is 0 Å². The minimum Gasteiger partial charge on any atom is -0.353 e. The molecule has 0 radical (unpaired) electrons. The van der Waals surface area contributed by atoms with Crippen molar-refractivity contribution in [1.29, 1.82) is 0 Å². The molecule has 0 saturated carbocycles. The van der Waals surface area contributed by atoms with Crippen molar-refractivity contribution in [2.75, 3.05) is 0 Å². The minimum absolute atomic E-state index is 0.0680. The highest BCUT2D eigenvalue weighted by Gasteiger charge is 2.20. The Kier molecular flexibility index (Phi) is 6.52. The van der Waals surface area contributed by atoms with Gasteiger partial charge in [-0.2, -0.15) is 0 Å². The molecule has 136 valence electrons. The van der Waals surface area contributed by atoms with Crippen LogP contribution >= 0.6 is 23.4 Å². The number of rotatable bonds is 6. The van der Waals surface area contributed by atoms with E-state index in [0.29, 0.717) is 27.6 Å². The Morgan fingerprint density at radius 1 is 1.28 bits per heavy atom. The molecule has 1 atom stereocenters. The van der Waals surface area contributed by atoms with Crippen molar-refractivity contribution in [3.05, 3.63) is 33.6 Å². The van der Waals surface area contributed by atoms with Crippen molar-refractivity contribution in [2.45, 2.75) is 57.6 Å². The zero-order chi connectivity index (χ0) is 18.7. The van der Waals surface area contributed by atoms with Gasteiger partial charge < -0.3 is 5.32 Å². The van der Waals surface area contributed by atoms with Crippen LogP contribution in [-0.2, 0) is 11.3 Å². The fourth-order valence-corrected chi connectivity index (χ4v) is 3.50. The smallest absolute Gasteiger partial charge is 0.262 e. The van der Waals surface area contributed by atoms with E-state index in [-0.39, 0.29) is 28.7 Å². The Morgan fingerprint density at radius 3 is 2.56 bits per heavy atom. The van der Waals surface area contributed by atoms with E-state index in [1.165, 1.54) is 11.8 Å². The average Bonchev–Trinajstić information content (AvgIpc) is 2.51. The zero-order valence-corrected chi connectivity index (χ0v) is 16.7. The van der Waals surface area contributed by atoms with E-state index in [2.05, 4.69) is 10.3 Å². The molecule has 0 aliphatic rings. The fraction of sp³-hybridized carbons (Fsp3) is 0.500. The summed E-state index contributed by atoms with van der Waals surface area (Å²) < 4.78 is 1.65. The van der Waals surface area contributed by atoms with Crippen LogP contribution < -0.4 is 10.9 Å². The third kappa shape index (κ3) is 4.98. The van der Waals surface area contributed by atoms with Crippen molar-refractivity contribution in [3.8, 4) is 0 Å². The highest BCUT2D eigenvalue weighted by Crippen LogP contribution is 2.24. The molecular weight excluding hydrogens is 358 g/mol. The first-order valence-electron chi connectivity index (χ1n) is 8.36. The summed E-state index contributed by atoms with van der Waals surface area (Å²) >= 11 is 7.33. The lowest BCUT2D eigenvalue weighted by atomic mass is 10.2. The number of hydrogen-bond donors (Lipinski definition) is 1. The lowest BCUT2D eigenvalue weighted by molar-refractivity contribution is -0.120. The molecule has 0 spiro atoms. The zero-order valence-electron chi connectivity index (χ0n) is 15.2. The Labute approximate surface area is 157 Å². The van der Waals surface area contributed by atoms with Crippen molar-refractivity contribution >= 4 is 40.2 Å². The maximum Gasteiger partial charge on any atom is 0.262 e. The van der Waals surface area contributed by atoms with Gasteiger partial charge in [-0.05, 0) is 44.9 Å². The normalized spacial score (nSPS) is 12.8. The molecular formula is C18H24ClN3O2S. The molecule has 5 nitrogen and oxygen atoms in total. The van der Waals surface area contributed by atoms with Gasteiger partial charge in [0.25, 0.3) is 5.56 Å². The number of benzene rings is 1. The van der Waals surface area contributed by atoms with Crippen LogP contribution in [0.2, 0.25) is 5.02 Å². The van der Waals surface area contributed by atoms with Crippen LogP contribution in [0.15, 0.2) is 28.2 Å². The molecule has 0 aliphatic heterocycles. The third-order valence-electron chi connectivity index (χ3n) is 3.51. The van der Waals surface area contributed by atoms with E-state index in [0.717, 1.165) is 0 Å². The second-order valence-electron chi connectivity index (χ2n) is 6.79. The first-order chi connectivity index (χ1) is 11.7. The van der Waals surface area contributed by atoms with Gasteiger partial charge in [0.15, 0.2) is 5.16 Å². The number of fused-ring (bicyclic) bond motifs is 1. The predicted molar refractivity (Wildman–Crippen MR) is 104 cm³/mol. The Balaban J connectivity index is 2.48. The van der Waals surface area contributed by atoms with E-state index in [9.17, 15) is 9.59 Å². The summed E-state index contributed by atoms with van der Waals surface area (Å²) in [6.07, 6.45) is 0. The molecule has 0 fully saturated rings. The molecule has 1 amide bonds. The van der Waals surface area contributed by atoms with Crippen LogP contribution in [0.25, 0.3) is 10.9 Å². The summed E-state index contributed by atoms with van der Waals surface area (Å²) in [4.78, 5) is 29.8. The first kappa shape index (κ1) is 19.8. The monoisotopic (exact) mass is 381 g/mol. The van der Waals surface area contributed by atoms with Crippen molar-refractivity contribution in [3.63, 3.8) is 0 Å². The van der Waals surface area contributed by atoms with E-state index >= 15 is 0 Å². The van der Waals surface area contributed by atoms with E-state index < -0.39 is 0 Å². The molecule has 1 aromatic carbocycles. The lowest BCUT2D eigenvalue weighted by Gasteiger charge is -2.18. The standard InChI is InChI=1S/C18H24ClN3O2S/c1-10(2)9-22-17(24)14-8-13(19)6-7-15(14)21-18(22)25-12(5)16(23)20-11(3)4/h6-8,10-12H,9H2,1-5H3,(H,20,23). The SMILES string of the molecule is CC(C)Cn1c(SC(C)C(=O)NC(C)C)nc2ccc(Cl)cc2c1=O. The van der Waals surface area contributed by atoms with Gasteiger partial charge in [-0.1, -0.05) is 37.2 Å². The number of carbonyl (C=O) groups excluding carboxylic acids is 1. The van der Waals surface area contributed by atoms with Gasteiger partial charge in [0.1, 0.15) is 0 Å². The van der Waals surface area contributed by atoms with Crippen LogP contribution in [0, 0.1) is 5.92 Å². The molecule has 0 bridgehead atoms. The molecule has 2 rings (SSSR count). The molecule has 7 heteroatoms. The molecule has 1 N–H and O–H groups in total. The van der Waals surface area contributed by atoms with E-state index in [1.807, 2.05) is 34.6 Å². The van der Waals surface area contributed by atoms with E-state index in [1.54, 1.807) is 22.8 Å². The predicted octanol–water partition coefficient (Wildman–Crippen LogP) is 3.71. The molecule has 2 aromatic rings. The average molecular weight is 382 g/mol. The molecule has 25 heavy (non-hydrogen) atoms. The van der Waals surface area contributed by atoms with Gasteiger partial charge in [0.2, 0.25) is 5.91 Å². The van der Waals surface area contributed by atoms with Crippen LogP contribution in [-0.4, -0.2) is 26.8 Å². The minimum atomic E-state index is -0.350. The largest absolute Gasteiger partial charge is 0.353 e. The number of aromatic nitrogens is 2. The summed E-state index contributed by atoms with van der Waals surface area (Å²) in [7, 11) is 0. The second-order valence-corrected chi connectivity index (χ2v) is 8.53. The molecule has 1 unspecified atom stereocenters. The molecule has 1 aromatic heterocycles. The number of nitrogens with one attached hydrogen (secondary N) is 1. The van der Waals surface area contributed by atoms with Gasteiger partial charge >= 0.3 is 0 Å². The van der Waals surface area contributed by atoms with Crippen molar-refractivity contribution in [2.24, 2.45) is 5.92 Å². The maximum atomic E-state index is 12.9. The second kappa shape index (κ2) is 8.23. The number of halogens is 1. The number of nitrogens with zero attached hydrogens (tertiary/aromatic N) is 2. The summed E-state index contributed by atoms with van der Waals surface area (Å²) in [6.45, 7) is 10.3. The third-order valence-corrected chi connectivity index (χ3v) is 4.84. The summed E-state index contributed by atoms with van der Waals surface area (Å²) in [5, 5.41) is 4.10. The van der Waals surface area contributed by atoms with Crippen LogP contribution in [0.5, 0.6) is 0 Å². The van der Waals surface area contributed by atoms with Gasteiger partial charge in [0.05, 0.1) is 16.2 Å². The van der Waals surface area contributed by atoms with Crippen molar-refractivity contribution in [1.82, 2.24) is 14.9 Å². The van der Waals surface area contributed by atoms with Gasteiger partial charge in [0, 0.05) is 17.6 Å². The van der Waals surface area contributed by atoms with E-state index in [4.69, 9.17) is 11.6 Å². The Hall–Kier alpha value is -1.53. The highest BCUT2D eigenvalue weighted by atomic mass is 35.5. The molecule has 0 saturated heterocycles. The lowest BCUT2D eigenvalue weighted by Crippen LogP contribution is -2.36. The van der Waals surface area contributed by atoms with Gasteiger partial charge in [-0.3, -0.25) is 14.2 Å². The van der Waals surface area contributed by atoms with Gasteiger partial charge in [-0.15, -0.1) is 0 Å².